The largest absolute Gasteiger partial charge is 0.493 e. The number of nitrogens with one attached hydrogen (secondary N) is 1. The molecule has 2 atom stereocenters. The second-order valence-corrected chi connectivity index (χ2v) is 6.03. The van der Waals surface area contributed by atoms with Gasteiger partial charge in [-0.1, -0.05) is 37.3 Å². The fourth-order valence-corrected chi connectivity index (χ4v) is 3.14. The molecule has 1 N–H and O–H groups in total. The predicted octanol–water partition coefficient (Wildman–Crippen LogP) is 4.45. The fourth-order valence-electron chi connectivity index (χ4n) is 3.14. The number of fused-ring (bicyclic) bond motifs is 1. The van der Waals surface area contributed by atoms with Gasteiger partial charge in [-0.15, -0.1) is 0 Å². The summed E-state index contributed by atoms with van der Waals surface area (Å²) >= 11 is 0. The molecule has 2 aromatic carbocycles. The van der Waals surface area contributed by atoms with Crippen molar-refractivity contribution in [1.82, 2.24) is 4.90 Å². The Labute approximate surface area is 143 Å². The molecule has 1 amide bonds. The Hall–Kier alpha value is -2.49. The zero-order chi connectivity index (χ0) is 17.1. The lowest BCUT2D eigenvalue weighted by Crippen LogP contribution is -2.47. The van der Waals surface area contributed by atoms with Gasteiger partial charge in [0.2, 0.25) is 0 Å². The molecule has 1 aliphatic heterocycles. The van der Waals surface area contributed by atoms with Crippen molar-refractivity contribution in [2.45, 2.75) is 39.4 Å². The highest BCUT2D eigenvalue weighted by molar-refractivity contribution is 6.02. The van der Waals surface area contributed by atoms with Crippen molar-refractivity contribution in [3.05, 3.63) is 59.7 Å². The minimum atomic E-state index is -0.231. The van der Waals surface area contributed by atoms with Gasteiger partial charge >= 0.3 is 0 Å². The number of rotatable bonds is 5. The van der Waals surface area contributed by atoms with Crippen LogP contribution in [-0.2, 0) is 0 Å². The van der Waals surface area contributed by atoms with E-state index in [4.69, 9.17) is 4.74 Å². The van der Waals surface area contributed by atoms with Crippen LogP contribution in [0.25, 0.3) is 0 Å². The molecule has 4 nitrogen and oxygen atoms in total. The van der Waals surface area contributed by atoms with Crippen LogP contribution in [0, 0.1) is 0 Å². The number of para-hydroxylation sites is 2. The van der Waals surface area contributed by atoms with Crippen LogP contribution in [0.3, 0.4) is 0 Å². The zero-order valence-electron chi connectivity index (χ0n) is 14.5. The molecule has 24 heavy (non-hydrogen) atoms. The van der Waals surface area contributed by atoms with Crippen LogP contribution in [0.2, 0.25) is 0 Å². The summed E-state index contributed by atoms with van der Waals surface area (Å²) in [7, 11) is 0. The maximum atomic E-state index is 13.1. The van der Waals surface area contributed by atoms with Crippen LogP contribution in [0.4, 0.5) is 5.69 Å². The highest BCUT2D eigenvalue weighted by atomic mass is 16.5. The quantitative estimate of drug-likeness (QED) is 0.883. The van der Waals surface area contributed by atoms with Gasteiger partial charge in [0.25, 0.3) is 5.91 Å². The normalized spacial score (nSPS) is 17.9. The first-order valence-corrected chi connectivity index (χ1v) is 8.57. The molecule has 1 aliphatic rings. The molecule has 0 spiro atoms. The average molecular weight is 324 g/mol. The van der Waals surface area contributed by atoms with Gasteiger partial charge in [-0.2, -0.15) is 0 Å². The van der Waals surface area contributed by atoms with Crippen molar-refractivity contribution in [1.29, 1.82) is 0 Å². The summed E-state index contributed by atoms with van der Waals surface area (Å²) in [5, 5.41) is 3.53. The van der Waals surface area contributed by atoms with Gasteiger partial charge < -0.3 is 15.0 Å². The van der Waals surface area contributed by atoms with E-state index in [0.717, 1.165) is 29.0 Å². The van der Waals surface area contributed by atoms with Crippen LogP contribution in [0.1, 0.15) is 49.3 Å². The summed E-state index contributed by atoms with van der Waals surface area (Å²) in [4.78, 5) is 15.0. The number of benzene rings is 2. The van der Waals surface area contributed by atoms with Crippen molar-refractivity contribution in [3.8, 4) is 5.75 Å². The number of carbonyl (C=O) groups is 1. The highest BCUT2D eigenvalue weighted by Crippen LogP contribution is 2.38. The minimum absolute atomic E-state index is 0.0648. The van der Waals surface area contributed by atoms with Gasteiger partial charge in [-0.25, -0.2) is 0 Å². The third-order valence-electron chi connectivity index (χ3n) is 4.54. The first-order valence-electron chi connectivity index (χ1n) is 8.57. The van der Waals surface area contributed by atoms with Crippen molar-refractivity contribution < 1.29 is 9.53 Å². The molecule has 3 rings (SSSR count). The van der Waals surface area contributed by atoms with E-state index in [1.54, 1.807) is 0 Å². The molecule has 4 heteroatoms. The van der Waals surface area contributed by atoms with Crippen LogP contribution in [0.5, 0.6) is 5.75 Å². The zero-order valence-corrected chi connectivity index (χ0v) is 14.5. The van der Waals surface area contributed by atoms with E-state index in [-0.39, 0.29) is 18.1 Å². The molecule has 0 radical (unpaired) electrons. The van der Waals surface area contributed by atoms with E-state index < -0.39 is 0 Å². The molecule has 0 saturated heterocycles. The second-order valence-electron chi connectivity index (χ2n) is 6.03. The van der Waals surface area contributed by atoms with Crippen LogP contribution < -0.4 is 10.1 Å². The molecule has 0 unspecified atom stereocenters. The number of hydrogen-bond acceptors (Lipinski definition) is 3. The lowest BCUT2D eigenvalue weighted by molar-refractivity contribution is 0.0590. The summed E-state index contributed by atoms with van der Waals surface area (Å²) in [5.74, 6) is 0.882. The molecule has 2 aromatic rings. The third-order valence-corrected chi connectivity index (χ3v) is 4.54. The Morgan fingerprint density at radius 1 is 1.12 bits per heavy atom. The smallest absolute Gasteiger partial charge is 0.258 e. The van der Waals surface area contributed by atoms with Gasteiger partial charge in [0, 0.05) is 17.3 Å². The fraction of sp³-hybridized carbons (Fsp3) is 0.350. The molecule has 0 saturated carbocycles. The first kappa shape index (κ1) is 16.4. The summed E-state index contributed by atoms with van der Waals surface area (Å²) in [5.41, 5.74) is 2.59. The average Bonchev–Trinajstić information content (AvgIpc) is 2.62. The number of amides is 1. The lowest BCUT2D eigenvalue weighted by Gasteiger charge is -2.41. The van der Waals surface area contributed by atoms with E-state index in [1.807, 2.05) is 60.4 Å². The van der Waals surface area contributed by atoms with Gasteiger partial charge in [0.1, 0.15) is 11.9 Å². The SMILES string of the molecule is CCOc1ccccc1[C@H]1Nc2ccccc2C(=O)N1[C@H](C)CC. The maximum Gasteiger partial charge on any atom is 0.258 e. The van der Waals surface area contributed by atoms with E-state index in [0.29, 0.717) is 6.61 Å². The standard InChI is InChI=1S/C20H24N2O2/c1-4-14(3)22-19(16-11-7-9-13-18(16)24-5-2)21-17-12-8-6-10-15(17)20(22)23/h6-14,19,21H,4-5H2,1-3H3/t14-,19+/m1/s1. The van der Waals surface area contributed by atoms with Crippen molar-refractivity contribution in [2.24, 2.45) is 0 Å². The van der Waals surface area contributed by atoms with E-state index in [2.05, 4.69) is 19.2 Å². The topological polar surface area (TPSA) is 41.6 Å². The molecule has 0 fully saturated rings. The van der Waals surface area contributed by atoms with E-state index >= 15 is 0 Å². The van der Waals surface area contributed by atoms with Gasteiger partial charge in [0.15, 0.2) is 0 Å². The van der Waals surface area contributed by atoms with Crippen LogP contribution in [-0.4, -0.2) is 23.5 Å². The third kappa shape index (κ3) is 2.84. The van der Waals surface area contributed by atoms with Crippen LogP contribution in [0.15, 0.2) is 48.5 Å². The first-order chi connectivity index (χ1) is 11.7. The summed E-state index contributed by atoms with van der Waals surface area (Å²) < 4.78 is 5.80. The molecule has 126 valence electrons. The Bertz CT molecular complexity index is 729. The van der Waals surface area contributed by atoms with Gasteiger partial charge in [-0.05, 0) is 38.5 Å². The number of anilines is 1. The number of ether oxygens (including phenoxy) is 1. The van der Waals surface area contributed by atoms with Crippen LogP contribution >= 0.6 is 0 Å². The number of carbonyl (C=O) groups excluding carboxylic acids is 1. The second kappa shape index (κ2) is 6.95. The number of hydrogen-bond donors (Lipinski definition) is 1. The Morgan fingerprint density at radius 3 is 2.58 bits per heavy atom. The van der Waals surface area contributed by atoms with Gasteiger partial charge in [-0.3, -0.25) is 4.79 Å². The molecular weight excluding hydrogens is 300 g/mol. The highest BCUT2D eigenvalue weighted by Gasteiger charge is 2.36. The van der Waals surface area contributed by atoms with Crippen molar-refractivity contribution in [3.63, 3.8) is 0 Å². The van der Waals surface area contributed by atoms with Gasteiger partial charge in [0.05, 0.1) is 12.2 Å². The predicted molar refractivity (Wildman–Crippen MR) is 96.3 cm³/mol. The minimum Gasteiger partial charge on any atom is -0.493 e. The Kier molecular flexibility index (Phi) is 4.74. The maximum absolute atomic E-state index is 13.1. The van der Waals surface area contributed by atoms with E-state index in [1.165, 1.54) is 0 Å². The summed E-state index contributed by atoms with van der Waals surface area (Å²) in [6, 6.07) is 15.7. The Balaban J connectivity index is 2.10. The molecule has 0 bridgehead atoms. The molecule has 0 aromatic heterocycles. The number of nitrogens with zero attached hydrogens (tertiary/aromatic N) is 1. The van der Waals surface area contributed by atoms with Crippen molar-refractivity contribution in [2.75, 3.05) is 11.9 Å². The molecule has 0 aliphatic carbocycles. The summed E-state index contributed by atoms with van der Waals surface area (Å²) in [6.07, 6.45) is 0.660. The summed E-state index contributed by atoms with van der Waals surface area (Å²) in [6.45, 7) is 6.75. The molecule has 1 heterocycles. The van der Waals surface area contributed by atoms with Crippen molar-refractivity contribution >= 4 is 11.6 Å². The molecular formula is C20H24N2O2. The lowest BCUT2D eigenvalue weighted by atomic mass is 10.0. The Morgan fingerprint density at radius 2 is 1.83 bits per heavy atom. The van der Waals surface area contributed by atoms with E-state index in [9.17, 15) is 4.79 Å². The monoisotopic (exact) mass is 324 g/mol.